The number of nitrogens with zero attached hydrogens (tertiary/aromatic N) is 3. The fraction of sp³-hybridized carbons (Fsp3) is 0.281. The van der Waals surface area contributed by atoms with Gasteiger partial charge in [-0.15, -0.1) is 0 Å². The topological polar surface area (TPSA) is 96.0 Å². The first-order valence-electron chi connectivity index (χ1n) is 16.1. The van der Waals surface area contributed by atoms with Crippen molar-refractivity contribution in [1.82, 2.24) is 14.8 Å². The lowest BCUT2D eigenvalue weighted by molar-refractivity contribution is 0.101. The average Bonchev–Trinajstić information content (AvgIpc) is 3.05. The Hall–Kier alpha value is -4.54. The molecule has 0 unspecified atom stereocenters. The third kappa shape index (κ3) is 6.19. The van der Waals surface area contributed by atoms with Crippen LogP contribution in [-0.4, -0.2) is 72.5 Å². The van der Waals surface area contributed by atoms with Crippen LogP contribution in [0.15, 0.2) is 66.7 Å². The number of anilines is 2. The number of hydrogen-bond acceptors (Lipinski definition) is 7. The second-order valence-electron chi connectivity index (χ2n) is 10.0. The van der Waals surface area contributed by atoms with Crippen LogP contribution in [0.2, 0.25) is 0 Å². The summed E-state index contributed by atoms with van der Waals surface area (Å²) in [7, 11) is 0. The fourth-order valence-electron chi connectivity index (χ4n) is 4.93. The molecule has 0 bridgehead atoms. The molecule has 10 heteroatoms. The van der Waals surface area contributed by atoms with Crippen molar-refractivity contribution in [2.45, 2.75) is 13.4 Å². The largest absolute Gasteiger partial charge is 0.486 e. The Labute approximate surface area is 250 Å². The van der Waals surface area contributed by atoms with Crippen LogP contribution >= 0.6 is 0 Å². The predicted molar refractivity (Wildman–Crippen MR) is 159 cm³/mol. The van der Waals surface area contributed by atoms with Gasteiger partial charge in [-0.05, 0) is 67.2 Å². The smallest absolute Gasteiger partial charge is 0.255 e. The van der Waals surface area contributed by atoms with Crippen molar-refractivity contribution in [2.24, 2.45) is 0 Å². The summed E-state index contributed by atoms with van der Waals surface area (Å²) in [6, 6.07) is 17.3. The van der Waals surface area contributed by atoms with Crippen LogP contribution in [-0.2, 0) is 6.54 Å². The molecular formula is C32H32FN5O4. The van der Waals surface area contributed by atoms with Gasteiger partial charge in [0, 0.05) is 61.8 Å². The van der Waals surface area contributed by atoms with Crippen LogP contribution in [0.3, 0.4) is 0 Å². The van der Waals surface area contributed by atoms with Gasteiger partial charge in [0.25, 0.3) is 11.8 Å². The monoisotopic (exact) mass is 574 g/mol. The predicted octanol–water partition coefficient (Wildman–Crippen LogP) is 4.79. The van der Waals surface area contributed by atoms with Crippen molar-refractivity contribution >= 4 is 34.1 Å². The van der Waals surface area contributed by atoms with E-state index in [4.69, 9.17) is 21.3 Å². The molecule has 0 atom stereocenters. The number of amides is 2. The van der Waals surface area contributed by atoms with Gasteiger partial charge >= 0.3 is 0 Å². The van der Waals surface area contributed by atoms with E-state index in [0.29, 0.717) is 60.8 Å². The first-order chi connectivity index (χ1) is 22.4. The Bertz CT molecular complexity index is 1830. The van der Waals surface area contributed by atoms with Crippen molar-refractivity contribution in [1.29, 1.82) is 0 Å². The van der Waals surface area contributed by atoms with E-state index in [-0.39, 0.29) is 30.0 Å². The van der Waals surface area contributed by atoms with Crippen molar-refractivity contribution in [3.05, 3.63) is 89.4 Å². The lowest BCUT2D eigenvalue weighted by Gasteiger charge is -2.33. The molecule has 9 nitrogen and oxygen atoms in total. The molecule has 1 fully saturated rings. The zero-order valence-corrected chi connectivity index (χ0v) is 22.7. The first-order valence-corrected chi connectivity index (χ1v) is 13.6. The number of aromatic nitrogens is 1. The Morgan fingerprint density at radius 2 is 1.62 bits per heavy atom. The molecule has 4 aromatic rings. The minimum absolute atomic E-state index is 0.101. The summed E-state index contributed by atoms with van der Waals surface area (Å²) in [5.41, 5.74) is 2.24. The summed E-state index contributed by atoms with van der Waals surface area (Å²) in [4.78, 5) is 34.1. The molecule has 2 N–H and O–H groups in total. The SMILES string of the molecule is [2H]C([2H])([2H])C([2H])([2H])N1CCN(Cc2ccc3cc(C(=O)Nc4cc(NC(=O)c5ccc6c(c5)OCCO6)ccc4F)ccc3n2)CC1. The van der Waals surface area contributed by atoms with E-state index in [1.807, 2.05) is 12.1 Å². The summed E-state index contributed by atoms with van der Waals surface area (Å²) < 4.78 is 64.2. The normalized spacial score (nSPS) is 17.8. The van der Waals surface area contributed by atoms with Crippen LogP contribution in [0.25, 0.3) is 10.9 Å². The number of fused-ring (bicyclic) bond motifs is 2. The number of carbonyl (C=O) groups excluding carboxylic acids is 2. The maximum absolute atomic E-state index is 14.7. The molecule has 0 saturated carbocycles. The van der Waals surface area contributed by atoms with Crippen molar-refractivity contribution in [3.63, 3.8) is 0 Å². The van der Waals surface area contributed by atoms with Crippen molar-refractivity contribution in [2.75, 3.05) is 56.5 Å². The van der Waals surface area contributed by atoms with Crippen molar-refractivity contribution < 1.29 is 30.3 Å². The van der Waals surface area contributed by atoms with Crippen LogP contribution in [0.1, 0.15) is 40.1 Å². The first kappa shape index (κ1) is 22.1. The zero-order valence-electron chi connectivity index (χ0n) is 27.7. The van der Waals surface area contributed by atoms with E-state index in [9.17, 15) is 14.0 Å². The number of benzene rings is 3. The number of halogens is 1. The molecule has 1 saturated heterocycles. The van der Waals surface area contributed by atoms with Gasteiger partial charge in [0.2, 0.25) is 0 Å². The molecule has 42 heavy (non-hydrogen) atoms. The maximum Gasteiger partial charge on any atom is 0.255 e. The maximum atomic E-state index is 14.7. The van der Waals surface area contributed by atoms with E-state index >= 15 is 0 Å². The van der Waals surface area contributed by atoms with Gasteiger partial charge in [-0.2, -0.15) is 0 Å². The number of ether oxygens (including phenoxy) is 2. The summed E-state index contributed by atoms with van der Waals surface area (Å²) in [6.45, 7) is -2.24. The van der Waals surface area contributed by atoms with Gasteiger partial charge in [-0.1, -0.05) is 12.9 Å². The highest BCUT2D eigenvalue weighted by Gasteiger charge is 2.18. The Kier molecular flexibility index (Phi) is 6.39. The highest BCUT2D eigenvalue weighted by molar-refractivity contribution is 6.07. The standard InChI is InChI=1S/C32H32FN5O4/c1-2-37-11-13-38(14-12-37)20-25-6-3-21-17-22(4-9-27(21)34-25)32(40)36-28-19-24(7-8-26(28)33)35-31(39)23-5-10-29-30(18-23)42-16-15-41-29/h3-10,17-19H,2,11-16,20H2,1H3,(H,35,39)(H,36,40)/i1D3,2D2. The summed E-state index contributed by atoms with van der Waals surface area (Å²) in [5, 5.41) is 6.00. The van der Waals surface area contributed by atoms with Crippen LogP contribution < -0.4 is 20.1 Å². The summed E-state index contributed by atoms with van der Waals surface area (Å²) in [6.07, 6.45) is 0. The van der Waals surface area contributed by atoms with Gasteiger partial charge in [0.05, 0.1) is 16.9 Å². The number of piperazine rings is 1. The van der Waals surface area contributed by atoms with Gasteiger partial charge in [-0.3, -0.25) is 19.5 Å². The van der Waals surface area contributed by atoms with E-state index in [2.05, 4.69) is 15.5 Å². The molecule has 2 amide bonds. The second kappa shape index (κ2) is 12.1. The number of nitrogens with one attached hydrogen (secondary N) is 2. The van der Waals surface area contributed by atoms with E-state index in [1.54, 1.807) is 36.4 Å². The second-order valence-corrected chi connectivity index (χ2v) is 10.0. The molecule has 0 spiro atoms. The highest BCUT2D eigenvalue weighted by Crippen LogP contribution is 2.31. The molecule has 216 valence electrons. The van der Waals surface area contributed by atoms with Crippen LogP contribution in [0.5, 0.6) is 11.5 Å². The number of hydrogen-bond donors (Lipinski definition) is 2. The molecule has 1 aromatic heterocycles. The Morgan fingerprint density at radius 1 is 0.881 bits per heavy atom. The van der Waals surface area contributed by atoms with E-state index < -0.39 is 31.0 Å². The number of carbonyl (C=O) groups is 2. The van der Waals surface area contributed by atoms with Crippen LogP contribution in [0, 0.1) is 5.82 Å². The number of rotatable bonds is 7. The molecule has 2 aliphatic heterocycles. The molecular weight excluding hydrogens is 537 g/mol. The van der Waals surface area contributed by atoms with E-state index in [1.165, 1.54) is 17.0 Å². The summed E-state index contributed by atoms with van der Waals surface area (Å²) >= 11 is 0. The van der Waals surface area contributed by atoms with Crippen molar-refractivity contribution in [3.8, 4) is 11.5 Å². The zero-order chi connectivity index (χ0) is 33.3. The average molecular weight is 575 g/mol. The van der Waals surface area contributed by atoms with Gasteiger partial charge < -0.3 is 25.0 Å². The summed E-state index contributed by atoms with van der Waals surface area (Å²) in [5.74, 6) is -0.630. The Balaban J connectivity index is 1.08. The molecule has 3 aromatic carbocycles. The molecule has 0 radical (unpaired) electrons. The van der Waals surface area contributed by atoms with Gasteiger partial charge in [0.1, 0.15) is 19.0 Å². The molecule has 2 aliphatic rings. The van der Waals surface area contributed by atoms with Gasteiger partial charge in [0.15, 0.2) is 11.5 Å². The van der Waals surface area contributed by atoms with Crippen LogP contribution in [0.4, 0.5) is 15.8 Å². The lowest BCUT2D eigenvalue weighted by Crippen LogP contribution is -2.45. The molecule has 3 heterocycles. The molecule has 6 rings (SSSR count). The minimum Gasteiger partial charge on any atom is -0.486 e. The number of likely N-dealkylation sites (N-methyl/N-ethyl adjacent to an activating group) is 1. The quantitative estimate of drug-likeness (QED) is 0.328. The lowest BCUT2D eigenvalue weighted by atomic mass is 10.1. The third-order valence-corrected chi connectivity index (χ3v) is 7.20. The number of pyridine rings is 1. The van der Waals surface area contributed by atoms with E-state index in [0.717, 1.165) is 11.8 Å². The Morgan fingerprint density at radius 3 is 2.45 bits per heavy atom. The fourth-order valence-corrected chi connectivity index (χ4v) is 4.93. The highest BCUT2D eigenvalue weighted by atomic mass is 19.1. The third-order valence-electron chi connectivity index (χ3n) is 7.20. The minimum atomic E-state index is -2.73. The van der Waals surface area contributed by atoms with Gasteiger partial charge in [-0.25, -0.2) is 4.39 Å². The molecule has 0 aliphatic carbocycles.